The maximum atomic E-state index is 12.3. The van der Waals surface area contributed by atoms with E-state index in [1.807, 2.05) is 18.4 Å². The fourth-order valence-corrected chi connectivity index (χ4v) is 2.00. The van der Waals surface area contributed by atoms with Crippen LogP contribution in [0.25, 0.3) is 0 Å². The zero-order valence-corrected chi connectivity index (χ0v) is 14.6. The van der Waals surface area contributed by atoms with E-state index in [4.69, 9.17) is 0 Å². The molecule has 0 spiro atoms. The number of likely N-dealkylation sites (N-methyl/N-ethyl adjacent to an activating group) is 1. The van der Waals surface area contributed by atoms with Crippen molar-refractivity contribution >= 4 is 11.9 Å². The Balaban J connectivity index is 2.51. The van der Waals surface area contributed by atoms with Crippen molar-refractivity contribution in [3.8, 4) is 0 Å². The number of halogens is 3. The van der Waals surface area contributed by atoms with Crippen LogP contribution in [0, 0.1) is 0 Å². The zero-order chi connectivity index (χ0) is 18.9. The largest absolute Gasteiger partial charge is 0.406 e. The van der Waals surface area contributed by atoms with E-state index in [1.54, 1.807) is 6.33 Å². The minimum absolute atomic E-state index is 0.363. The second-order valence-electron chi connectivity index (χ2n) is 5.28. The van der Waals surface area contributed by atoms with Gasteiger partial charge in [-0.25, -0.2) is 4.99 Å². The van der Waals surface area contributed by atoms with Gasteiger partial charge in [-0.2, -0.15) is 13.2 Å². The molecule has 1 amide bonds. The smallest absolute Gasteiger partial charge is 0.357 e. The molecule has 1 heterocycles. The van der Waals surface area contributed by atoms with E-state index in [0.29, 0.717) is 30.5 Å². The number of carbonyl (C=O) groups is 1. The van der Waals surface area contributed by atoms with E-state index in [-0.39, 0.29) is 6.54 Å². The highest BCUT2D eigenvalue weighted by Crippen LogP contribution is 2.15. The first-order chi connectivity index (χ1) is 11.8. The maximum absolute atomic E-state index is 12.3. The highest BCUT2D eigenvalue weighted by atomic mass is 19.4. The van der Waals surface area contributed by atoms with Crippen molar-refractivity contribution in [3.05, 3.63) is 12.2 Å². The number of rotatable bonds is 8. The molecule has 1 rings (SSSR count). The standard InChI is InChI=1S/C14H24F3N7O/c1-4-11-22-21-10-24(11)7-6-19-13(18-5-2)20-8-12(25)23(3)9-14(15,16)17/h10H,4-9H2,1-3H3,(H2,18,19,20). The van der Waals surface area contributed by atoms with Gasteiger partial charge in [0.15, 0.2) is 5.96 Å². The Hall–Kier alpha value is -2.33. The van der Waals surface area contributed by atoms with Crippen LogP contribution >= 0.6 is 0 Å². The molecular formula is C14H24F3N7O. The fraction of sp³-hybridized carbons (Fsp3) is 0.714. The van der Waals surface area contributed by atoms with Crippen LogP contribution in [0.15, 0.2) is 11.3 Å². The van der Waals surface area contributed by atoms with Crippen LogP contribution in [0.4, 0.5) is 13.2 Å². The van der Waals surface area contributed by atoms with E-state index >= 15 is 0 Å². The van der Waals surface area contributed by atoms with Crippen LogP contribution in [0.2, 0.25) is 0 Å². The predicted molar refractivity (Wildman–Crippen MR) is 87.1 cm³/mol. The lowest BCUT2D eigenvalue weighted by Crippen LogP contribution is -2.41. The van der Waals surface area contributed by atoms with Gasteiger partial charge < -0.3 is 20.1 Å². The van der Waals surface area contributed by atoms with E-state index in [9.17, 15) is 18.0 Å². The van der Waals surface area contributed by atoms with Crippen molar-refractivity contribution in [2.45, 2.75) is 33.0 Å². The molecule has 25 heavy (non-hydrogen) atoms. The summed E-state index contributed by atoms with van der Waals surface area (Å²) in [5.74, 6) is 0.511. The molecule has 0 radical (unpaired) electrons. The summed E-state index contributed by atoms with van der Waals surface area (Å²) in [5, 5.41) is 13.8. The Bertz CT molecular complexity index is 571. The van der Waals surface area contributed by atoms with Crippen LogP contribution in [-0.2, 0) is 17.8 Å². The molecule has 0 fully saturated rings. The molecule has 11 heteroatoms. The van der Waals surface area contributed by atoms with Crippen LogP contribution in [0.1, 0.15) is 19.7 Å². The van der Waals surface area contributed by atoms with Crippen molar-refractivity contribution < 1.29 is 18.0 Å². The molecule has 8 nitrogen and oxygen atoms in total. The summed E-state index contributed by atoms with van der Waals surface area (Å²) in [7, 11) is 1.10. The van der Waals surface area contributed by atoms with Gasteiger partial charge in [0.1, 0.15) is 25.2 Å². The second-order valence-corrected chi connectivity index (χ2v) is 5.28. The van der Waals surface area contributed by atoms with E-state index in [2.05, 4.69) is 25.8 Å². The Morgan fingerprint density at radius 3 is 2.68 bits per heavy atom. The average molecular weight is 363 g/mol. The first kappa shape index (κ1) is 20.7. The monoisotopic (exact) mass is 363 g/mol. The number of aliphatic imine (C=N–C) groups is 1. The number of amides is 1. The van der Waals surface area contributed by atoms with Crippen molar-refractivity contribution in [3.63, 3.8) is 0 Å². The minimum Gasteiger partial charge on any atom is -0.357 e. The number of guanidine groups is 1. The molecule has 0 bridgehead atoms. The third-order valence-corrected chi connectivity index (χ3v) is 3.22. The SMILES string of the molecule is CCNC(=NCC(=O)N(C)CC(F)(F)F)NCCn1cnnc1CC. The van der Waals surface area contributed by atoms with E-state index in [0.717, 1.165) is 19.3 Å². The highest BCUT2D eigenvalue weighted by Gasteiger charge is 2.30. The number of carbonyl (C=O) groups excluding carboxylic acids is 1. The van der Waals surface area contributed by atoms with E-state index in [1.165, 1.54) is 0 Å². The highest BCUT2D eigenvalue weighted by molar-refractivity contribution is 5.84. The number of nitrogens with zero attached hydrogens (tertiary/aromatic N) is 5. The summed E-state index contributed by atoms with van der Waals surface area (Å²) in [4.78, 5) is 16.3. The van der Waals surface area contributed by atoms with Crippen LogP contribution in [0.5, 0.6) is 0 Å². The number of hydrogen-bond donors (Lipinski definition) is 2. The average Bonchev–Trinajstić information content (AvgIpc) is 2.98. The summed E-state index contributed by atoms with van der Waals surface area (Å²) < 4.78 is 38.7. The van der Waals surface area contributed by atoms with Crippen LogP contribution in [0.3, 0.4) is 0 Å². The molecule has 2 N–H and O–H groups in total. The molecule has 0 aromatic carbocycles. The number of hydrogen-bond acceptors (Lipinski definition) is 4. The second kappa shape index (κ2) is 9.84. The molecule has 0 aliphatic rings. The molecule has 0 saturated heterocycles. The number of aryl methyl sites for hydroxylation is 1. The molecule has 1 aromatic rings. The van der Waals surface area contributed by atoms with Crippen molar-refractivity contribution in [1.29, 1.82) is 0 Å². The molecule has 0 aliphatic carbocycles. The molecule has 0 saturated carbocycles. The molecule has 1 aromatic heterocycles. The maximum Gasteiger partial charge on any atom is 0.406 e. The lowest BCUT2D eigenvalue weighted by Gasteiger charge is -2.18. The number of alkyl halides is 3. The van der Waals surface area contributed by atoms with Gasteiger partial charge in [-0.3, -0.25) is 4.79 Å². The minimum atomic E-state index is -4.42. The predicted octanol–water partition coefficient (Wildman–Crippen LogP) is 0.416. The van der Waals surface area contributed by atoms with Gasteiger partial charge >= 0.3 is 6.18 Å². The lowest BCUT2D eigenvalue weighted by atomic mass is 10.4. The summed E-state index contributed by atoms with van der Waals surface area (Å²) in [6, 6.07) is 0. The molecular weight excluding hydrogens is 339 g/mol. The molecule has 0 aliphatic heterocycles. The Labute approximate surface area is 144 Å². The number of nitrogens with one attached hydrogen (secondary N) is 2. The summed E-state index contributed by atoms with van der Waals surface area (Å²) in [6.45, 7) is 3.83. The summed E-state index contributed by atoms with van der Waals surface area (Å²) >= 11 is 0. The Kier molecular flexibility index (Phi) is 8.16. The molecule has 0 atom stereocenters. The third kappa shape index (κ3) is 7.86. The summed E-state index contributed by atoms with van der Waals surface area (Å²) in [5.41, 5.74) is 0. The van der Waals surface area contributed by atoms with Gasteiger partial charge in [0.2, 0.25) is 5.91 Å². The van der Waals surface area contributed by atoms with Crippen molar-refractivity contribution in [2.24, 2.45) is 4.99 Å². The van der Waals surface area contributed by atoms with Gasteiger partial charge in [0, 0.05) is 33.1 Å². The third-order valence-electron chi connectivity index (χ3n) is 3.22. The first-order valence-electron chi connectivity index (χ1n) is 7.96. The van der Waals surface area contributed by atoms with Crippen molar-refractivity contribution in [1.82, 2.24) is 30.3 Å². The van der Waals surface area contributed by atoms with Gasteiger partial charge in [-0.15, -0.1) is 10.2 Å². The van der Waals surface area contributed by atoms with Crippen molar-refractivity contribution in [2.75, 3.05) is 33.2 Å². The van der Waals surface area contributed by atoms with Gasteiger partial charge in [0.25, 0.3) is 0 Å². The Morgan fingerprint density at radius 1 is 1.36 bits per heavy atom. The first-order valence-corrected chi connectivity index (χ1v) is 7.96. The summed E-state index contributed by atoms with van der Waals surface area (Å²) in [6.07, 6.45) is -2.04. The van der Waals surface area contributed by atoms with E-state index < -0.39 is 18.6 Å². The molecule has 142 valence electrons. The van der Waals surface area contributed by atoms with Gasteiger partial charge in [0.05, 0.1) is 0 Å². The zero-order valence-electron chi connectivity index (χ0n) is 14.6. The van der Waals surface area contributed by atoms with Gasteiger partial charge in [-0.1, -0.05) is 6.92 Å². The molecule has 0 unspecified atom stereocenters. The van der Waals surface area contributed by atoms with Gasteiger partial charge in [-0.05, 0) is 6.92 Å². The quantitative estimate of drug-likeness (QED) is 0.516. The number of aromatic nitrogens is 3. The van der Waals surface area contributed by atoms with Crippen LogP contribution < -0.4 is 10.6 Å². The normalized spacial score (nSPS) is 12.2. The lowest BCUT2D eigenvalue weighted by molar-refractivity contribution is -0.157. The fourth-order valence-electron chi connectivity index (χ4n) is 2.00. The topological polar surface area (TPSA) is 87.4 Å². The van der Waals surface area contributed by atoms with Crippen LogP contribution in [-0.4, -0.2) is 70.9 Å². The Morgan fingerprint density at radius 2 is 2.08 bits per heavy atom.